The molecule has 76 heavy (non-hydrogen) atoms. The van der Waals surface area contributed by atoms with Crippen LogP contribution < -0.4 is 9.62 Å². The fourth-order valence-corrected chi connectivity index (χ4v) is 9.69. The molecule has 2 aliphatic carbocycles. The predicted molar refractivity (Wildman–Crippen MR) is 245 cm³/mol. The average Bonchev–Trinajstić information content (AvgIpc) is 3.78. The number of alkyl halides is 8. The number of carbonyl (C=O) groups is 4. The summed E-state index contributed by atoms with van der Waals surface area (Å²) < 4.78 is 202. The van der Waals surface area contributed by atoms with Gasteiger partial charge in [0.25, 0.3) is 5.92 Å². The van der Waals surface area contributed by atoms with E-state index in [-0.39, 0.29) is 31.3 Å². The number of fused-ring (bicyclic) bond motifs is 4. The van der Waals surface area contributed by atoms with Crippen LogP contribution in [0.25, 0.3) is 22.0 Å². The fraction of sp³-hybridized carbons (Fsp3) is 0.400. The molecule has 2 aliphatic rings. The highest BCUT2D eigenvalue weighted by Crippen LogP contribution is 2.68. The van der Waals surface area contributed by atoms with Crippen molar-refractivity contribution < 1.29 is 94.9 Å². The smallest absolute Gasteiger partial charge is 0.435 e. The van der Waals surface area contributed by atoms with Gasteiger partial charge in [0, 0.05) is 41.4 Å². The van der Waals surface area contributed by atoms with Crippen molar-refractivity contribution in [3.63, 3.8) is 0 Å². The summed E-state index contributed by atoms with van der Waals surface area (Å²) in [6.07, 6.45) is -13.2. The van der Waals surface area contributed by atoms with Crippen molar-refractivity contribution in [2.45, 2.75) is 81.2 Å². The molecule has 408 valence electrons. The first kappa shape index (κ1) is 56.7. The number of nitrogens with zero attached hydrogens (tertiary/aromatic N) is 6. The van der Waals surface area contributed by atoms with E-state index in [1.54, 1.807) is 0 Å². The largest absolute Gasteiger partial charge is 0.481 e. The maximum Gasteiger partial charge on any atom is 0.435 e. The summed E-state index contributed by atoms with van der Waals surface area (Å²) >= 11 is 6.57. The lowest BCUT2D eigenvalue weighted by Gasteiger charge is -2.23. The maximum atomic E-state index is 15.6. The lowest BCUT2D eigenvalue weighted by molar-refractivity contribution is -0.155. The second-order valence-electron chi connectivity index (χ2n) is 18.2. The third-order valence-corrected chi connectivity index (χ3v) is 15.5. The Labute approximate surface area is 427 Å². The van der Waals surface area contributed by atoms with Crippen LogP contribution in [0.5, 0.6) is 0 Å². The van der Waals surface area contributed by atoms with E-state index in [9.17, 15) is 81.4 Å². The minimum atomic E-state index is -5.26. The molecule has 0 saturated heterocycles. The Morgan fingerprint density at radius 1 is 0.934 bits per heavy atom. The lowest BCUT2D eigenvalue weighted by atomic mass is 9.93. The molecule has 0 radical (unpaired) electrons. The number of halogens is 11. The van der Waals surface area contributed by atoms with Gasteiger partial charge in [0.2, 0.25) is 15.9 Å². The van der Waals surface area contributed by atoms with Crippen molar-refractivity contribution in [1.29, 1.82) is 0 Å². The van der Waals surface area contributed by atoms with Gasteiger partial charge in [0.1, 0.15) is 40.9 Å². The lowest BCUT2D eigenvalue weighted by Crippen LogP contribution is -2.38. The van der Waals surface area contributed by atoms with Gasteiger partial charge in [-0.25, -0.2) is 35.4 Å². The highest BCUT2D eigenvalue weighted by molar-refractivity contribution is 7.93. The molecule has 2 aromatic carbocycles. The number of carboxylic acid groups (broad SMARTS) is 2. The number of sulfone groups is 1. The van der Waals surface area contributed by atoms with Crippen LogP contribution in [-0.2, 0) is 70.6 Å². The molecule has 7 rings (SSSR count). The maximum absolute atomic E-state index is 15.6. The number of pyridine rings is 1. The standard InChI is InChI=1S/C45H38ClF10N7O11S2/c1-42(2,75(3,70)71)11-9-23-5-6-24(25-7-8-29(46)33-35(25)62(19-43(49,50)51)60-38(33)63(76(4,72)73)41(69)74-12-10-26(39(65)66)40(67)68)34(57-23)30(15-20-13-21(47)16-22(48)14-20)58-31(64)18-61-37-32(36(59-61)45(54,55)56)27-17-28(27)44(37,52)53/h5-8,13-14,16,26-28,30H,10,12,15,17-19H2,1-4H3,(H,58,64)(H,65,66)(H,67,68)/t27-,28+,30?/m0/s1. The highest BCUT2D eigenvalue weighted by atomic mass is 35.5. The number of nitrogens with one attached hydrogen (secondary N) is 1. The molecular formula is C45H38ClF10N7O11S2. The fourth-order valence-electron chi connectivity index (χ4n) is 8.45. The Morgan fingerprint density at radius 3 is 2.12 bits per heavy atom. The summed E-state index contributed by atoms with van der Waals surface area (Å²) in [5.41, 5.74) is -6.56. The molecule has 31 heteroatoms. The van der Waals surface area contributed by atoms with Gasteiger partial charge in [-0.15, -0.1) is 0 Å². The molecule has 3 N–H and O–H groups in total. The van der Waals surface area contributed by atoms with E-state index in [1.807, 2.05) is 0 Å². The van der Waals surface area contributed by atoms with Gasteiger partial charge >= 0.3 is 30.4 Å². The van der Waals surface area contributed by atoms with Crippen LogP contribution in [0.3, 0.4) is 0 Å². The van der Waals surface area contributed by atoms with E-state index in [1.165, 1.54) is 13.8 Å². The van der Waals surface area contributed by atoms with Gasteiger partial charge in [0.05, 0.1) is 40.5 Å². The monoisotopic (exact) mass is 1140 g/mol. The van der Waals surface area contributed by atoms with Crippen LogP contribution in [0.15, 0.2) is 42.5 Å². The summed E-state index contributed by atoms with van der Waals surface area (Å²) in [6.45, 7) is -2.14. The van der Waals surface area contributed by atoms with Crippen LogP contribution in [0.2, 0.25) is 5.02 Å². The summed E-state index contributed by atoms with van der Waals surface area (Å²) in [5, 5.41) is 26.6. The minimum Gasteiger partial charge on any atom is -0.481 e. The number of aliphatic carboxylic acids is 2. The predicted octanol–water partition coefficient (Wildman–Crippen LogP) is 7.37. The van der Waals surface area contributed by atoms with E-state index in [0.717, 1.165) is 42.7 Å². The van der Waals surface area contributed by atoms with E-state index < -0.39 is 190 Å². The molecule has 3 heterocycles. The molecule has 18 nitrogen and oxygen atoms in total. The first-order valence-corrected chi connectivity index (χ1v) is 26.0. The Morgan fingerprint density at radius 2 is 1.55 bits per heavy atom. The molecule has 5 aromatic rings. The number of hydrogen-bond donors (Lipinski definition) is 3. The van der Waals surface area contributed by atoms with Gasteiger partial charge in [-0.3, -0.25) is 23.7 Å². The van der Waals surface area contributed by atoms with Crippen molar-refractivity contribution in [1.82, 2.24) is 29.9 Å². The number of anilines is 1. The number of amides is 2. The molecule has 0 aliphatic heterocycles. The van der Waals surface area contributed by atoms with Crippen LogP contribution in [-0.4, -0.2) is 106 Å². The zero-order chi connectivity index (χ0) is 56.6. The van der Waals surface area contributed by atoms with Crippen molar-refractivity contribution in [2.75, 3.05) is 23.4 Å². The first-order chi connectivity index (χ1) is 34.9. The van der Waals surface area contributed by atoms with Crippen LogP contribution in [0.1, 0.15) is 72.6 Å². The number of rotatable bonds is 16. The summed E-state index contributed by atoms with van der Waals surface area (Å²) in [6, 6.07) is 4.23. The van der Waals surface area contributed by atoms with Crippen molar-refractivity contribution in [3.05, 3.63) is 93.0 Å². The van der Waals surface area contributed by atoms with E-state index in [4.69, 9.17) is 16.3 Å². The second kappa shape index (κ2) is 19.9. The number of hydrogen-bond acceptors (Lipinski definition) is 12. The number of aromatic nitrogens is 5. The highest BCUT2D eigenvalue weighted by Gasteiger charge is 2.68. The van der Waals surface area contributed by atoms with Crippen LogP contribution >= 0.6 is 11.6 Å². The Bertz CT molecular complexity index is 3500. The minimum absolute atomic E-state index is 0.130. The number of ether oxygens (including phenoxy) is 1. The van der Waals surface area contributed by atoms with Gasteiger partial charge in [-0.05, 0) is 74.4 Å². The second-order valence-corrected chi connectivity index (χ2v) is 23.0. The van der Waals surface area contributed by atoms with E-state index >= 15 is 8.78 Å². The van der Waals surface area contributed by atoms with E-state index in [0.29, 0.717) is 12.3 Å². The molecular weight excluding hydrogens is 1100 g/mol. The molecule has 1 unspecified atom stereocenters. The third kappa shape index (κ3) is 11.5. The Balaban J connectivity index is 1.46. The Hall–Kier alpha value is -7.00. The zero-order valence-corrected chi connectivity index (χ0v) is 41.7. The van der Waals surface area contributed by atoms with Gasteiger partial charge < -0.3 is 20.3 Å². The summed E-state index contributed by atoms with van der Waals surface area (Å²) in [4.78, 5) is 55.1. The number of carboxylic acids is 2. The molecule has 3 aromatic heterocycles. The van der Waals surface area contributed by atoms with Crippen LogP contribution in [0, 0.1) is 35.3 Å². The first-order valence-electron chi connectivity index (χ1n) is 21.8. The number of sulfonamides is 1. The topological polar surface area (TPSA) is 250 Å². The number of benzene rings is 2. The summed E-state index contributed by atoms with van der Waals surface area (Å²) in [7, 11) is -9.01. The molecule has 2 amide bonds. The van der Waals surface area contributed by atoms with Crippen molar-refractivity contribution in [2.24, 2.45) is 11.8 Å². The van der Waals surface area contributed by atoms with E-state index in [2.05, 4.69) is 32.3 Å². The normalized spacial score (nSPS) is 16.6. The van der Waals surface area contributed by atoms with Gasteiger partial charge in [-0.1, -0.05) is 23.6 Å². The number of carbonyl (C=O) groups excluding carboxylic acids is 2. The average molecular weight is 1140 g/mol. The van der Waals surface area contributed by atoms with Crippen molar-refractivity contribution in [3.8, 4) is 23.0 Å². The van der Waals surface area contributed by atoms with Gasteiger partial charge in [0.15, 0.2) is 27.3 Å². The quantitative estimate of drug-likeness (QED) is 0.0496. The molecule has 0 bridgehead atoms. The summed E-state index contributed by atoms with van der Waals surface area (Å²) in [5.74, 6) is -12.5. The SMILES string of the molecule is CC(C)(C#Cc1ccc(-c2ccc(Cl)c3c(N(C(=O)OCCC(C(=O)O)C(=O)O)S(C)(=O)=O)nn(CC(F)(F)F)c23)c(C(Cc2cc(F)cc(F)c2)NC(=O)Cn2nc(C(F)(F)F)c3c2C(F)(F)[C@@H]2C[C@H]32)n1)S(C)(=O)=O. The third-order valence-electron chi connectivity index (χ3n) is 12.2. The molecule has 1 fully saturated rings. The molecule has 0 spiro atoms. The molecule has 1 saturated carbocycles. The Kier molecular flexibility index (Phi) is 14.8. The zero-order valence-electron chi connectivity index (χ0n) is 39.3. The van der Waals surface area contributed by atoms with Gasteiger partial charge in [-0.2, -0.15) is 49.6 Å². The van der Waals surface area contributed by atoms with Crippen LogP contribution in [0.4, 0.5) is 54.5 Å². The van der Waals surface area contributed by atoms with Crippen molar-refractivity contribution >= 4 is 72.1 Å². The molecule has 3 atom stereocenters.